The molecule has 0 aromatic rings. The second-order valence-electron chi connectivity index (χ2n) is 8.19. The van der Waals surface area contributed by atoms with Crippen LogP contribution in [0.1, 0.15) is 48.0 Å². The lowest BCUT2D eigenvalue weighted by Gasteiger charge is -2.28. The van der Waals surface area contributed by atoms with Crippen molar-refractivity contribution in [2.75, 3.05) is 39.9 Å². The van der Waals surface area contributed by atoms with Crippen LogP contribution in [0.5, 0.6) is 0 Å². The lowest BCUT2D eigenvalue weighted by molar-refractivity contribution is 0.0491. The van der Waals surface area contributed by atoms with Gasteiger partial charge >= 0.3 is 6.09 Å². The third-order valence-electron chi connectivity index (χ3n) is 4.34. The van der Waals surface area contributed by atoms with Gasteiger partial charge in [-0.1, -0.05) is 13.8 Å². The Bertz CT molecular complexity index is 466. The van der Waals surface area contributed by atoms with E-state index in [4.69, 9.17) is 9.47 Å². The fraction of sp³-hybridized carbons (Fsp3) is 0.895. The molecule has 2 unspecified atom stereocenters. The molecule has 0 radical (unpaired) electrons. The zero-order chi connectivity index (χ0) is 19.7. The topological polar surface area (TPSA) is 75.2 Å². The van der Waals surface area contributed by atoms with Crippen LogP contribution in [-0.2, 0) is 9.47 Å². The van der Waals surface area contributed by atoms with Crippen molar-refractivity contribution in [3.63, 3.8) is 0 Å². The Morgan fingerprint density at radius 2 is 2.00 bits per heavy atom. The predicted molar refractivity (Wildman–Crippen MR) is 121 cm³/mol. The van der Waals surface area contributed by atoms with E-state index in [9.17, 15) is 4.79 Å². The predicted octanol–water partition coefficient (Wildman–Crippen LogP) is 3.09. The SMILES string of the molecule is CCOCC1CCN(C(=NC)NCC(NC(=O)OC(C)(C)C)C(C)C)C1.I. The number of rotatable bonds is 7. The van der Waals surface area contributed by atoms with E-state index in [0.29, 0.717) is 12.5 Å². The number of alkyl carbamates (subject to hydrolysis) is 1. The van der Waals surface area contributed by atoms with Gasteiger partial charge in [-0.25, -0.2) is 4.79 Å². The van der Waals surface area contributed by atoms with Crippen LogP contribution in [0.25, 0.3) is 0 Å². The fourth-order valence-corrected chi connectivity index (χ4v) is 2.89. The molecule has 27 heavy (non-hydrogen) atoms. The number of guanidine groups is 1. The number of ether oxygens (including phenoxy) is 2. The average molecular weight is 498 g/mol. The van der Waals surface area contributed by atoms with Crippen molar-refractivity contribution < 1.29 is 14.3 Å². The number of halogens is 1. The van der Waals surface area contributed by atoms with Crippen LogP contribution in [0.15, 0.2) is 4.99 Å². The van der Waals surface area contributed by atoms with Crippen LogP contribution in [0.2, 0.25) is 0 Å². The zero-order valence-electron chi connectivity index (χ0n) is 18.0. The highest BCUT2D eigenvalue weighted by atomic mass is 127. The average Bonchev–Trinajstić information content (AvgIpc) is 2.99. The number of nitrogens with one attached hydrogen (secondary N) is 2. The van der Waals surface area contributed by atoms with Crippen LogP contribution in [-0.4, -0.2) is 68.5 Å². The first kappa shape index (κ1) is 26.2. The van der Waals surface area contributed by atoms with E-state index in [1.165, 1.54) is 0 Å². The maximum absolute atomic E-state index is 12.1. The summed E-state index contributed by atoms with van der Waals surface area (Å²) in [6, 6.07) is -0.0385. The number of likely N-dealkylation sites (tertiary alicyclic amines) is 1. The maximum Gasteiger partial charge on any atom is 0.407 e. The quantitative estimate of drug-likeness (QED) is 0.321. The van der Waals surface area contributed by atoms with Crippen LogP contribution in [0.3, 0.4) is 0 Å². The van der Waals surface area contributed by atoms with Gasteiger partial charge < -0.3 is 25.0 Å². The van der Waals surface area contributed by atoms with Gasteiger partial charge in [-0.2, -0.15) is 0 Å². The maximum atomic E-state index is 12.1. The molecule has 2 N–H and O–H groups in total. The van der Waals surface area contributed by atoms with Gasteiger partial charge in [0, 0.05) is 39.2 Å². The minimum absolute atomic E-state index is 0. The Kier molecular flexibility index (Phi) is 12.3. The van der Waals surface area contributed by atoms with Crippen molar-refractivity contribution in [2.24, 2.45) is 16.8 Å². The molecule has 1 saturated heterocycles. The Morgan fingerprint density at radius 1 is 1.33 bits per heavy atom. The summed E-state index contributed by atoms with van der Waals surface area (Å²) in [4.78, 5) is 18.7. The van der Waals surface area contributed by atoms with E-state index in [2.05, 4.69) is 34.4 Å². The van der Waals surface area contributed by atoms with Crippen LogP contribution < -0.4 is 10.6 Å². The van der Waals surface area contributed by atoms with Crippen LogP contribution in [0, 0.1) is 11.8 Å². The Balaban J connectivity index is 0.00000676. The first-order valence-electron chi connectivity index (χ1n) is 9.69. The molecule has 0 saturated carbocycles. The normalized spacial score (nSPS) is 18.9. The minimum Gasteiger partial charge on any atom is -0.444 e. The van der Waals surface area contributed by atoms with Crippen molar-refractivity contribution in [1.82, 2.24) is 15.5 Å². The van der Waals surface area contributed by atoms with Crippen molar-refractivity contribution in [1.29, 1.82) is 0 Å². The zero-order valence-corrected chi connectivity index (χ0v) is 20.3. The lowest BCUT2D eigenvalue weighted by Crippen LogP contribution is -2.50. The van der Waals surface area contributed by atoms with Gasteiger partial charge in [0.2, 0.25) is 0 Å². The van der Waals surface area contributed by atoms with E-state index in [-0.39, 0.29) is 42.0 Å². The summed E-state index contributed by atoms with van der Waals surface area (Å²) < 4.78 is 10.9. The monoisotopic (exact) mass is 498 g/mol. The van der Waals surface area contributed by atoms with Gasteiger partial charge in [0.25, 0.3) is 0 Å². The van der Waals surface area contributed by atoms with E-state index >= 15 is 0 Å². The van der Waals surface area contributed by atoms with Crippen molar-refractivity contribution in [2.45, 2.75) is 59.6 Å². The molecule has 1 rings (SSSR count). The van der Waals surface area contributed by atoms with Gasteiger partial charge in [0.15, 0.2) is 5.96 Å². The van der Waals surface area contributed by atoms with Gasteiger partial charge in [0.1, 0.15) is 5.60 Å². The first-order chi connectivity index (χ1) is 12.2. The summed E-state index contributed by atoms with van der Waals surface area (Å²) in [6.07, 6.45) is 0.732. The summed E-state index contributed by atoms with van der Waals surface area (Å²) >= 11 is 0. The Labute approximate surface area is 182 Å². The van der Waals surface area contributed by atoms with Crippen molar-refractivity contribution in [3.8, 4) is 0 Å². The summed E-state index contributed by atoms with van der Waals surface area (Å²) in [5, 5.41) is 6.37. The number of hydrogen-bond donors (Lipinski definition) is 2. The molecule has 0 aliphatic carbocycles. The molecule has 0 aromatic carbocycles. The van der Waals surface area contributed by atoms with E-state index in [1.54, 1.807) is 7.05 Å². The van der Waals surface area contributed by atoms with Gasteiger partial charge in [-0.05, 0) is 40.0 Å². The third kappa shape index (κ3) is 10.4. The largest absolute Gasteiger partial charge is 0.444 e. The molecule has 1 heterocycles. The van der Waals surface area contributed by atoms with E-state index in [0.717, 1.165) is 38.7 Å². The number of aliphatic imine (C=N–C) groups is 1. The molecule has 1 aliphatic heterocycles. The van der Waals surface area contributed by atoms with Gasteiger partial charge in [-0.15, -0.1) is 24.0 Å². The number of carbonyl (C=O) groups excluding carboxylic acids is 1. The summed E-state index contributed by atoms with van der Waals surface area (Å²) in [5.41, 5.74) is -0.500. The summed E-state index contributed by atoms with van der Waals surface area (Å²) in [5.74, 6) is 1.70. The highest BCUT2D eigenvalue weighted by Gasteiger charge is 2.26. The Hall–Kier alpha value is -0.770. The molecule has 1 amide bonds. The smallest absolute Gasteiger partial charge is 0.407 e. The number of hydrogen-bond acceptors (Lipinski definition) is 4. The molecule has 2 atom stereocenters. The molecule has 0 spiro atoms. The molecule has 0 bridgehead atoms. The second kappa shape index (κ2) is 12.6. The fourth-order valence-electron chi connectivity index (χ4n) is 2.89. The van der Waals surface area contributed by atoms with Crippen molar-refractivity contribution in [3.05, 3.63) is 0 Å². The lowest BCUT2D eigenvalue weighted by atomic mass is 10.0. The summed E-state index contributed by atoms with van der Waals surface area (Å²) in [6.45, 7) is 15.9. The molecule has 7 nitrogen and oxygen atoms in total. The molecule has 160 valence electrons. The molecule has 1 aliphatic rings. The van der Waals surface area contributed by atoms with Gasteiger partial charge in [0.05, 0.1) is 12.6 Å². The summed E-state index contributed by atoms with van der Waals surface area (Å²) in [7, 11) is 1.80. The highest BCUT2D eigenvalue weighted by molar-refractivity contribution is 14.0. The molecular formula is C19H39IN4O3. The van der Waals surface area contributed by atoms with E-state index in [1.807, 2.05) is 27.7 Å². The number of amides is 1. The second-order valence-corrected chi connectivity index (χ2v) is 8.19. The Morgan fingerprint density at radius 3 is 2.52 bits per heavy atom. The standard InChI is InChI=1S/C19H38N4O3.HI/c1-8-25-13-15-9-10-23(12-15)17(20-7)21-11-16(14(2)3)22-18(24)26-19(4,5)6;/h14-16H,8-13H2,1-7H3,(H,20,21)(H,22,24);1H. The van der Waals surface area contributed by atoms with Crippen LogP contribution in [0.4, 0.5) is 4.79 Å². The third-order valence-corrected chi connectivity index (χ3v) is 4.34. The highest BCUT2D eigenvalue weighted by Crippen LogP contribution is 2.16. The molecule has 1 fully saturated rings. The van der Waals surface area contributed by atoms with Gasteiger partial charge in [-0.3, -0.25) is 4.99 Å². The number of carbonyl (C=O) groups is 1. The number of nitrogens with zero attached hydrogens (tertiary/aromatic N) is 2. The first-order valence-corrected chi connectivity index (χ1v) is 9.69. The van der Waals surface area contributed by atoms with E-state index < -0.39 is 5.60 Å². The molecule has 0 aromatic heterocycles. The minimum atomic E-state index is -0.500. The van der Waals surface area contributed by atoms with Crippen molar-refractivity contribution >= 4 is 36.0 Å². The molecule has 8 heteroatoms. The molecular weight excluding hydrogens is 459 g/mol. The van der Waals surface area contributed by atoms with Crippen LogP contribution >= 0.6 is 24.0 Å².